The zero-order valence-electron chi connectivity index (χ0n) is 21.5. The highest BCUT2D eigenvalue weighted by molar-refractivity contribution is 7.92. The van der Waals surface area contributed by atoms with Gasteiger partial charge in [0, 0.05) is 36.4 Å². The zero-order chi connectivity index (χ0) is 26.8. The Morgan fingerprint density at radius 3 is 2.47 bits per heavy atom. The van der Waals surface area contributed by atoms with E-state index < -0.39 is 16.1 Å². The number of aromatic nitrogens is 2. The van der Waals surface area contributed by atoms with Gasteiger partial charge in [-0.05, 0) is 67.3 Å². The number of nitrogens with zero attached hydrogens (tertiary/aromatic N) is 2. The third kappa shape index (κ3) is 7.94. The SMILES string of the molecule is CCCCCc1ncc(-c2ccc(S(=O)(=O)Nc3ccc(CCNCC(O)c4cccnc4)cc3)cc2)s1. The van der Waals surface area contributed by atoms with E-state index in [0.29, 0.717) is 18.8 Å². The normalized spacial score (nSPS) is 12.4. The molecule has 0 saturated carbocycles. The summed E-state index contributed by atoms with van der Waals surface area (Å²) in [5.41, 5.74) is 3.33. The molecule has 4 aromatic rings. The smallest absolute Gasteiger partial charge is 0.261 e. The highest BCUT2D eigenvalue weighted by atomic mass is 32.2. The number of nitrogens with one attached hydrogen (secondary N) is 2. The number of anilines is 1. The standard InChI is InChI=1S/C29H34N4O3S2/c1-2-3-4-7-29-32-21-28(37-29)23-10-14-26(15-11-23)38(35,36)33-25-12-8-22(9-13-25)16-18-31-20-27(34)24-6-5-17-30-19-24/h5-6,8-15,17,19,21,27,31,33-34H,2-4,7,16,18,20H2,1H3. The number of benzene rings is 2. The fourth-order valence-corrected chi connectivity index (χ4v) is 6.02. The van der Waals surface area contributed by atoms with Gasteiger partial charge in [0.25, 0.3) is 10.0 Å². The van der Waals surface area contributed by atoms with Crippen molar-refractivity contribution in [3.05, 3.63) is 95.4 Å². The van der Waals surface area contributed by atoms with Gasteiger partial charge in [-0.1, -0.05) is 50.1 Å². The summed E-state index contributed by atoms with van der Waals surface area (Å²) in [4.78, 5) is 9.80. The number of aliphatic hydroxyl groups is 1. The number of rotatable bonds is 14. The van der Waals surface area contributed by atoms with Crippen LogP contribution < -0.4 is 10.0 Å². The Labute approximate surface area is 229 Å². The number of hydrogen-bond donors (Lipinski definition) is 3. The Balaban J connectivity index is 1.27. The molecule has 4 rings (SSSR count). The second kappa shape index (κ2) is 13.6. The lowest BCUT2D eigenvalue weighted by molar-refractivity contribution is 0.174. The van der Waals surface area contributed by atoms with Gasteiger partial charge in [0.15, 0.2) is 0 Å². The Bertz CT molecular complexity index is 1370. The number of hydrogen-bond acceptors (Lipinski definition) is 7. The van der Waals surface area contributed by atoms with Gasteiger partial charge in [0.1, 0.15) is 0 Å². The minimum atomic E-state index is -3.70. The minimum Gasteiger partial charge on any atom is -0.387 e. The molecule has 2 aromatic carbocycles. The van der Waals surface area contributed by atoms with Crippen molar-refractivity contribution in [2.75, 3.05) is 17.8 Å². The number of thiazole rings is 1. The minimum absolute atomic E-state index is 0.217. The molecule has 0 aliphatic carbocycles. The summed E-state index contributed by atoms with van der Waals surface area (Å²) >= 11 is 1.67. The van der Waals surface area contributed by atoms with Crippen molar-refractivity contribution >= 4 is 27.0 Å². The average Bonchev–Trinajstić information content (AvgIpc) is 3.41. The quantitative estimate of drug-likeness (QED) is 0.177. The molecule has 0 spiro atoms. The van der Waals surface area contributed by atoms with E-state index in [-0.39, 0.29) is 4.90 Å². The number of unbranched alkanes of at least 4 members (excludes halogenated alkanes) is 2. The summed E-state index contributed by atoms with van der Waals surface area (Å²) in [6, 6.07) is 17.9. The molecule has 3 N–H and O–H groups in total. The third-order valence-corrected chi connectivity index (χ3v) is 8.70. The van der Waals surface area contributed by atoms with Crippen LogP contribution in [-0.4, -0.2) is 36.6 Å². The van der Waals surface area contributed by atoms with Crippen molar-refractivity contribution in [1.82, 2.24) is 15.3 Å². The lowest BCUT2D eigenvalue weighted by Crippen LogP contribution is -2.23. The van der Waals surface area contributed by atoms with E-state index in [1.165, 1.54) is 12.8 Å². The van der Waals surface area contributed by atoms with Crippen molar-refractivity contribution in [3.63, 3.8) is 0 Å². The molecule has 0 saturated heterocycles. The fourth-order valence-electron chi connectivity index (χ4n) is 4.00. The zero-order valence-corrected chi connectivity index (χ0v) is 23.1. The molecular formula is C29H34N4O3S2. The first-order valence-electron chi connectivity index (χ1n) is 12.9. The number of aliphatic hydroxyl groups excluding tert-OH is 1. The highest BCUT2D eigenvalue weighted by Gasteiger charge is 2.15. The van der Waals surface area contributed by atoms with E-state index in [9.17, 15) is 13.5 Å². The fraction of sp³-hybridized carbons (Fsp3) is 0.310. The maximum absolute atomic E-state index is 12.9. The molecule has 0 fully saturated rings. The van der Waals surface area contributed by atoms with Gasteiger partial charge in [-0.2, -0.15) is 0 Å². The second-order valence-corrected chi connectivity index (χ2v) is 12.0. The Hall–Kier alpha value is -3.11. The molecule has 0 radical (unpaired) electrons. The maximum Gasteiger partial charge on any atom is 0.261 e. The lowest BCUT2D eigenvalue weighted by Gasteiger charge is -2.12. The third-order valence-electron chi connectivity index (χ3n) is 6.20. The summed E-state index contributed by atoms with van der Waals surface area (Å²) in [6.07, 6.45) is 9.87. The monoisotopic (exact) mass is 550 g/mol. The lowest BCUT2D eigenvalue weighted by atomic mass is 10.1. The summed E-state index contributed by atoms with van der Waals surface area (Å²) in [5.74, 6) is 0. The molecule has 1 unspecified atom stereocenters. The molecule has 2 aromatic heterocycles. The van der Waals surface area contributed by atoms with Gasteiger partial charge in [0.05, 0.1) is 20.9 Å². The maximum atomic E-state index is 12.9. The molecule has 9 heteroatoms. The van der Waals surface area contributed by atoms with Crippen LogP contribution in [0.1, 0.15) is 48.4 Å². The van der Waals surface area contributed by atoms with Gasteiger partial charge < -0.3 is 10.4 Å². The molecule has 0 amide bonds. The molecule has 2 heterocycles. The van der Waals surface area contributed by atoms with Gasteiger partial charge in [-0.3, -0.25) is 9.71 Å². The first-order chi connectivity index (χ1) is 18.4. The van der Waals surface area contributed by atoms with Crippen molar-refractivity contribution in [2.45, 2.75) is 50.0 Å². The van der Waals surface area contributed by atoms with E-state index >= 15 is 0 Å². The van der Waals surface area contributed by atoms with Crippen LogP contribution in [-0.2, 0) is 22.9 Å². The Kier molecular flexibility index (Phi) is 10.0. The molecule has 0 aliphatic heterocycles. The number of aryl methyl sites for hydroxylation is 1. The molecule has 1 atom stereocenters. The van der Waals surface area contributed by atoms with E-state index in [1.54, 1.807) is 54.1 Å². The van der Waals surface area contributed by atoms with Gasteiger partial charge >= 0.3 is 0 Å². The highest BCUT2D eigenvalue weighted by Crippen LogP contribution is 2.28. The predicted molar refractivity (Wildman–Crippen MR) is 154 cm³/mol. The van der Waals surface area contributed by atoms with Crippen LogP contribution in [0.25, 0.3) is 10.4 Å². The number of sulfonamides is 1. The van der Waals surface area contributed by atoms with E-state index in [4.69, 9.17) is 0 Å². The molecule has 38 heavy (non-hydrogen) atoms. The van der Waals surface area contributed by atoms with Crippen LogP contribution >= 0.6 is 11.3 Å². The summed E-state index contributed by atoms with van der Waals surface area (Å²) in [5, 5.41) is 14.6. The summed E-state index contributed by atoms with van der Waals surface area (Å²) < 4.78 is 28.5. The van der Waals surface area contributed by atoms with Crippen LogP contribution in [0, 0.1) is 0 Å². The van der Waals surface area contributed by atoms with Crippen molar-refractivity contribution in [1.29, 1.82) is 0 Å². The predicted octanol–water partition coefficient (Wildman–Crippen LogP) is 5.60. The van der Waals surface area contributed by atoms with Crippen molar-refractivity contribution in [2.24, 2.45) is 0 Å². The Morgan fingerprint density at radius 1 is 0.974 bits per heavy atom. The van der Waals surface area contributed by atoms with Crippen LogP contribution in [0.2, 0.25) is 0 Å². The van der Waals surface area contributed by atoms with Crippen LogP contribution in [0.15, 0.2) is 84.1 Å². The van der Waals surface area contributed by atoms with E-state index in [0.717, 1.165) is 45.8 Å². The van der Waals surface area contributed by atoms with Gasteiger partial charge in [-0.15, -0.1) is 11.3 Å². The van der Waals surface area contributed by atoms with Crippen molar-refractivity contribution in [3.8, 4) is 10.4 Å². The molecule has 0 aliphatic rings. The first kappa shape index (κ1) is 27.9. The molecule has 7 nitrogen and oxygen atoms in total. The van der Waals surface area contributed by atoms with Gasteiger partial charge in [-0.25, -0.2) is 13.4 Å². The Morgan fingerprint density at radius 2 is 1.76 bits per heavy atom. The topological polar surface area (TPSA) is 104 Å². The van der Waals surface area contributed by atoms with Crippen molar-refractivity contribution < 1.29 is 13.5 Å². The van der Waals surface area contributed by atoms with Gasteiger partial charge in [0.2, 0.25) is 0 Å². The van der Waals surface area contributed by atoms with Crippen LogP contribution in [0.4, 0.5) is 5.69 Å². The average molecular weight is 551 g/mol. The molecular weight excluding hydrogens is 516 g/mol. The molecule has 200 valence electrons. The van der Waals surface area contributed by atoms with E-state index in [1.807, 2.05) is 36.5 Å². The first-order valence-corrected chi connectivity index (χ1v) is 15.2. The van der Waals surface area contributed by atoms with Crippen LogP contribution in [0.3, 0.4) is 0 Å². The summed E-state index contributed by atoms with van der Waals surface area (Å²) in [7, 11) is -3.70. The number of pyridine rings is 1. The largest absolute Gasteiger partial charge is 0.387 e. The van der Waals surface area contributed by atoms with E-state index in [2.05, 4.69) is 26.9 Å². The summed E-state index contributed by atoms with van der Waals surface area (Å²) in [6.45, 7) is 3.31. The molecule has 0 bridgehead atoms. The second-order valence-electron chi connectivity index (χ2n) is 9.16. The van der Waals surface area contributed by atoms with Crippen LogP contribution in [0.5, 0.6) is 0 Å².